The Hall–Kier alpha value is -2.61. The number of nitrogens with zero attached hydrogens (tertiary/aromatic N) is 2. The molecule has 2 aliphatic rings. The molecule has 1 aromatic rings. The van der Waals surface area contributed by atoms with Crippen LogP contribution in [0, 0.1) is 11.8 Å². The van der Waals surface area contributed by atoms with Crippen molar-refractivity contribution in [1.29, 1.82) is 0 Å². The van der Waals surface area contributed by atoms with E-state index in [9.17, 15) is 14.4 Å². The molecule has 2 amide bonds. The largest absolute Gasteiger partial charge is 0.402 e. The molecule has 3 unspecified atom stereocenters. The Morgan fingerprint density at radius 1 is 1.29 bits per heavy atom. The first-order valence-corrected chi connectivity index (χ1v) is 13.4. The Labute approximate surface area is 213 Å². The summed E-state index contributed by atoms with van der Waals surface area (Å²) >= 11 is 1.74. The maximum absolute atomic E-state index is 13.3. The van der Waals surface area contributed by atoms with Crippen molar-refractivity contribution in [2.45, 2.75) is 77.8 Å². The number of aryl methyl sites for hydroxylation is 1. The molecule has 2 heterocycles. The molecule has 7 nitrogen and oxygen atoms in total. The van der Waals surface area contributed by atoms with Crippen LogP contribution >= 0.6 is 11.8 Å². The number of ketones is 1. The van der Waals surface area contributed by atoms with E-state index in [2.05, 4.69) is 42.4 Å². The average molecular weight is 499 g/mol. The van der Waals surface area contributed by atoms with Crippen molar-refractivity contribution in [3.05, 3.63) is 46.7 Å². The highest BCUT2D eigenvalue weighted by Gasteiger charge is 2.40. The summed E-state index contributed by atoms with van der Waals surface area (Å²) in [6.07, 6.45) is 3.52. The summed E-state index contributed by atoms with van der Waals surface area (Å²) in [5.74, 6) is -1.78. The van der Waals surface area contributed by atoms with E-state index >= 15 is 0 Å². The van der Waals surface area contributed by atoms with Gasteiger partial charge in [-0.3, -0.25) is 19.4 Å². The van der Waals surface area contributed by atoms with Gasteiger partial charge in [0.05, 0.1) is 16.8 Å². The van der Waals surface area contributed by atoms with Crippen LogP contribution in [0.15, 0.2) is 35.0 Å². The number of amides is 2. The van der Waals surface area contributed by atoms with Gasteiger partial charge in [-0.05, 0) is 55.7 Å². The van der Waals surface area contributed by atoms with Crippen molar-refractivity contribution in [3.63, 3.8) is 0 Å². The molecule has 1 saturated heterocycles. The number of rotatable bonds is 9. The maximum atomic E-state index is 13.3. The van der Waals surface area contributed by atoms with Crippen molar-refractivity contribution in [2.24, 2.45) is 22.6 Å². The number of aliphatic imine (C=N–C) groups is 1. The minimum Gasteiger partial charge on any atom is -0.402 e. The summed E-state index contributed by atoms with van der Waals surface area (Å²) < 4.78 is 0. The molecular weight excluding hydrogens is 460 g/mol. The molecule has 0 radical (unpaired) electrons. The minimum absolute atomic E-state index is 0.171. The predicted octanol–water partition coefficient (Wildman–Crippen LogP) is 3.76. The van der Waals surface area contributed by atoms with Gasteiger partial charge in [0.25, 0.3) is 0 Å². The van der Waals surface area contributed by atoms with Gasteiger partial charge < -0.3 is 16.0 Å². The Morgan fingerprint density at radius 3 is 2.63 bits per heavy atom. The molecule has 2 aliphatic heterocycles. The van der Waals surface area contributed by atoms with Gasteiger partial charge in [0, 0.05) is 24.9 Å². The van der Waals surface area contributed by atoms with Crippen molar-refractivity contribution >= 4 is 34.9 Å². The molecule has 8 heteroatoms. The summed E-state index contributed by atoms with van der Waals surface area (Å²) in [5, 5.41) is 3.38. The van der Waals surface area contributed by atoms with Gasteiger partial charge in [-0.25, -0.2) is 0 Å². The van der Waals surface area contributed by atoms with Crippen molar-refractivity contribution in [2.75, 3.05) is 6.54 Å². The van der Waals surface area contributed by atoms with Crippen LogP contribution in [0.5, 0.6) is 0 Å². The SMILES string of the molecule is CCc1cc(C2SC=NC2C)ccc1CNC(=O)[C@@H]1CCCN1C(=O)C(C(=O)C=C(C)N)C(C)C. The first-order valence-electron chi connectivity index (χ1n) is 12.5. The Balaban J connectivity index is 1.68. The molecule has 0 bridgehead atoms. The van der Waals surface area contributed by atoms with Crippen molar-refractivity contribution < 1.29 is 14.4 Å². The predicted molar refractivity (Wildman–Crippen MR) is 142 cm³/mol. The molecule has 3 N–H and O–H groups in total. The standard InChI is InChI=1S/C27H38N4O3S/c1-6-19-13-20(25-18(5)30-15-35-25)9-10-21(19)14-29-26(33)22-8-7-11-31(22)27(34)24(16(2)3)23(32)12-17(4)28/h9-10,12-13,15-16,18,22,24-25H,6-8,11,14,28H2,1-5H3,(H,29,33)/t18?,22-,24?,25?/m0/s1. The van der Waals surface area contributed by atoms with Gasteiger partial charge in [-0.2, -0.15) is 0 Å². The molecule has 0 aromatic heterocycles. The number of benzene rings is 1. The molecule has 35 heavy (non-hydrogen) atoms. The van der Waals surface area contributed by atoms with Gasteiger partial charge >= 0.3 is 0 Å². The van der Waals surface area contributed by atoms with Crippen LogP contribution in [0.4, 0.5) is 0 Å². The van der Waals surface area contributed by atoms with Crippen LogP contribution < -0.4 is 11.1 Å². The third-order valence-electron chi connectivity index (χ3n) is 6.78. The van der Waals surface area contributed by atoms with Gasteiger partial charge in [-0.15, -0.1) is 11.8 Å². The number of carbonyl (C=O) groups excluding carboxylic acids is 3. The highest BCUT2D eigenvalue weighted by molar-refractivity contribution is 8.12. The van der Waals surface area contributed by atoms with Crippen LogP contribution in [-0.2, 0) is 27.3 Å². The molecule has 0 aliphatic carbocycles. The second-order valence-electron chi connectivity index (χ2n) is 9.85. The Kier molecular flexibility index (Phi) is 9.16. The zero-order chi connectivity index (χ0) is 25.7. The van der Waals surface area contributed by atoms with E-state index in [1.165, 1.54) is 17.2 Å². The molecular formula is C27H38N4O3S. The monoisotopic (exact) mass is 498 g/mol. The molecule has 0 saturated carbocycles. The molecule has 1 fully saturated rings. The van der Waals surface area contributed by atoms with Gasteiger partial charge in [0.1, 0.15) is 12.0 Å². The van der Waals surface area contributed by atoms with E-state index in [1.54, 1.807) is 23.6 Å². The van der Waals surface area contributed by atoms with Crippen LogP contribution in [0.3, 0.4) is 0 Å². The van der Waals surface area contributed by atoms with Gasteiger partial charge in [-0.1, -0.05) is 39.0 Å². The number of allylic oxidation sites excluding steroid dienone is 2. The number of hydrogen-bond donors (Lipinski definition) is 2. The minimum atomic E-state index is -0.832. The summed E-state index contributed by atoms with van der Waals surface area (Å²) in [6, 6.07) is 6.14. The fourth-order valence-electron chi connectivity index (χ4n) is 4.90. The van der Waals surface area contributed by atoms with Gasteiger partial charge in [0.15, 0.2) is 5.78 Å². The first kappa shape index (κ1) is 27.0. The lowest BCUT2D eigenvalue weighted by Crippen LogP contribution is -2.49. The molecule has 3 rings (SSSR count). The quantitative estimate of drug-likeness (QED) is 0.398. The zero-order valence-corrected chi connectivity index (χ0v) is 22.2. The van der Waals surface area contributed by atoms with E-state index < -0.39 is 12.0 Å². The van der Waals surface area contributed by atoms with Crippen molar-refractivity contribution in [3.8, 4) is 0 Å². The highest BCUT2D eigenvalue weighted by Crippen LogP contribution is 2.37. The second kappa shape index (κ2) is 11.9. The summed E-state index contributed by atoms with van der Waals surface area (Å²) in [6.45, 7) is 10.4. The van der Waals surface area contributed by atoms with E-state index in [-0.39, 0.29) is 29.6 Å². The van der Waals surface area contributed by atoms with E-state index in [0.717, 1.165) is 18.4 Å². The lowest BCUT2D eigenvalue weighted by atomic mass is 9.89. The maximum Gasteiger partial charge on any atom is 0.243 e. The summed E-state index contributed by atoms with van der Waals surface area (Å²) in [4.78, 5) is 45.2. The number of likely N-dealkylation sites (tertiary alicyclic amines) is 1. The fraction of sp³-hybridized carbons (Fsp3) is 0.556. The smallest absolute Gasteiger partial charge is 0.243 e. The number of nitrogens with two attached hydrogens (primary N) is 1. The second-order valence-corrected chi connectivity index (χ2v) is 10.8. The number of carbonyl (C=O) groups is 3. The fourth-order valence-corrected chi connectivity index (χ4v) is 5.90. The summed E-state index contributed by atoms with van der Waals surface area (Å²) in [5.41, 5.74) is 11.5. The number of hydrogen-bond acceptors (Lipinski definition) is 6. The lowest BCUT2D eigenvalue weighted by molar-refractivity contribution is -0.146. The zero-order valence-electron chi connectivity index (χ0n) is 21.4. The van der Waals surface area contributed by atoms with Crippen LogP contribution in [-0.4, -0.2) is 46.7 Å². The normalized spacial score (nSPS) is 23.1. The Morgan fingerprint density at radius 2 is 2.03 bits per heavy atom. The van der Waals surface area contributed by atoms with Crippen LogP contribution in [0.1, 0.15) is 69.4 Å². The molecule has 1 aromatic carbocycles. The first-order chi connectivity index (χ1) is 16.6. The Bertz CT molecular complexity index is 1020. The highest BCUT2D eigenvalue weighted by atomic mass is 32.2. The van der Waals surface area contributed by atoms with Gasteiger partial charge in [0.2, 0.25) is 11.8 Å². The average Bonchev–Trinajstić information content (AvgIpc) is 3.46. The molecule has 4 atom stereocenters. The molecule has 0 spiro atoms. The van der Waals surface area contributed by atoms with Crippen LogP contribution in [0.25, 0.3) is 0 Å². The third-order valence-corrected chi connectivity index (χ3v) is 7.98. The van der Waals surface area contributed by atoms with E-state index in [4.69, 9.17) is 5.73 Å². The number of nitrogens with one attached hydrogen (secondary N) is 1. The molecule has 190 valence electrons. The van der Waals surface area contributed by atoms with E-state index in [1.807, 2.05) is 19.4 Å². The lowest BCUT2D eigenvalue weighted by Gasteiger charge is -2.29. The van der Waals surface area contributed by atoms with Crippen molar-refractivity contribution in [1.82, 2.24) is 10.2 Å². The topological polar surface area (TPSA) is 105 Å². The number of thioether (sulfide) groups is 1. The summed E-state index contributed by atoms with van der Waals surface area (Å²) in [7, 11) is 0. The van der Waals surface area contributed by atoms with E-state index in [0.29, 0.717) is 30.5 Å². The third kappa shape index (κ3) is 6.34. The van der Waals surface area contributed by atoms with Crippen LogP contribution in [0.2, 0.25) is 0 Å².